The van der Waals surface area contributed by atoms with Crippen LogP contribution in [0.3, 0.4) is 0 Å². The monoisotopic (exact) mass is 325 g/mol. The number of carbonyl (C=O) groups excluding carboxylic acids is 1. The van der Waals surface area contributed by atoms with Crippen molar-refractivity contribution < 1.29 is 14.5 Å². The van der Waals surface area contributed by atoms with Gasteiger partial charge in [0.1, 0.15) is 12.4 Å². The number of halogens is 2. The average molecular weight is 326 g/mol. The number of nitrogens with zero attached hydrogens (tertiary/aromatic N) is 1. The van der Waals surface area contributed by atoms with Gasteiger partial charge in [0.05, 0.1) is 16.1 Å². The standard InChI is InChI=1S/C14H9Cl2NO4/c15-11-3-4-14(10(5-11)7-18)21-8-9-1-2-12(16)6-13(9)17(19)20/h1-7H,8H2. The molecule has 5 nitrogen and oxygen atoms in total. The highest BCUT2D eigenvalue weighted by molar-refractivity contribution is 6.31. The molecular formula is C14H9Cl2NO4. The van der Waals surface area contributed by atoms with Crippen molar-refractivity contribution in [2.24, 2.45) is 0 Å². The maximum absolute atomic E-state index is 11.0. The maximum atomic E-state index is 11.0. The van der Waals surface area contributed by atoms with Crippen LogP contribution >= 0.6 is 23.2 Å². The zero-order valence-corrected chi connectivity index (χ0v) is 12.1. The highest BCUT2D eigenvalue weighted by atomic mass is 35.5. The minimum absolute atomic E-state index is 0.0596. The summed E-state index contributed by atoms with van der Waals surface area (Å²) >= 11 is 11.5. The van der Waals surface area contributed by atoms with Crippen LogP contribution < -0.4 is 4.74 Å². The summed E-state index contributed by atoms with van der Waals surface area (Å²) in [4.78, 5) is 21.4. The smallest absolute Gasteiger partial charge is 0.277 e. The molecule has 0 unspecified atom stereocenters. The Hall–Kier alpha value is -2.11. The Kier molecular flexibility index (Phi) is 4.77. The van der Waals surface area contributed by atoms with Crippen molar-refractivity contribution in [1.29, 1.82) is 0 Å². The lowest BCUT2D eigenvalue weighted by molar-refractivity contribution is -0.385. The summed E-state index contributed by atoms with van der Waals surface area (Å²) in [6.45, 7) is -0.0596. The van der Waals surface area contributed by atoms with Crippen LogP contribution in [0, 0.1) is 10.1 Å². The van der Waals surface area contributed by atoms with Gasteiger partial charge in [0.2, 0.25) is 0 Å². The highest BCUT2D eigenvalue weighted by Gasteiger charge is 2.15. The Balaban J connectivity index is 2.24. The van der Waals surface area contributed by atoms with Gasteiger partial charge in [-0.2, -0.15) is 0 Å². The van der Waals surface area contributed by atoms with E-state index >= 15 is 0 Å². The fourth-order valence-corrected chi connectivity index (χ4v) is 2.07. The first-order valence-electron chi connectivity index (χ1n) is 5.81. The van der Waals surface area contributed by atoms with Gasteiger partial charge in [-0.05, 0) is 30.3 Å². The molecule has 0 spiro atoms. The zero-order valence-electron chi connectivity index (χ0n) is 10.6. The van der Waals surface area contributed by atoms with E-state index in [4.69, 9.17) is 27.9 Å². The molecule has 7 heteroatoms. The quantitative estimate of drug-likeness (QED) is 0.467. The molecule has 0 aliphatic carbocycles. The topological polar surface area (TPSA) is 69.4 Å². The van der Waals surface area contributed by atoms with Gasteiger partial charge in [-0.1, -0.05) is 23.2 Å². The predicted molar refractivity (Wildman–Crippen MR) is 79.3 cm³/mol. The maximum Gasteiger partial charge on any atom is 0.277 e. The van der Waals surface area contributed by atoms with Crippen molar-refractivity contribution in [3.05, 3.63) is 67.7 Å². The van der Waals surface area contributed by atoms with Crippen molar-refractivity contribution in [3.63, 3.8) is 0 Å². The molecule has 2 aromatic rings. The van der Waals surface area contributed by atoms with Crippen LogP contribution in [0.4, 0.5) is 5.69 Å². The van der Waals surface area contributed by atoms with E-state index in [-0.39, 0.29) is 22.9 Å². The number of benzene rings is 2. The lowest BCUT2D eigenvalue weighted by Gasteiger charge is -2.09. The lowest BCUT2D eigenvalue weighted by atomic mass is 10.2. The van der Waals surface area contributed by atoms with Gasteiger partial charge in [-0.15, -0.1) is 0 Å². The number of ether oxygens (including phenoxy) is 1. The number of hydrogen-bond acceptors (Lipinski definition) is 4. The van der Waals surface area contributed by atoms with Crippen molar-refractivity contribution in [3.8, 4) is 5.75 Å². The van der Waals surface area contributed by atoms with Gasteiger partial charge in [0.15, 0.2) is 6.29 Å². The number of carbonyl (C=O) groups is 1. The van der Waals surface area contributed by atoms with Gasteiger partial charge in [0.25, 0.3) is 5.69 Å². The third kappa shape index (κ3) is 3.71. The molecule has 2 rings (SSSR count). The van der Waals surface area contributed by atoms with Crippen LogP contribution in [0.2, 0.25) is 10.0 Å². The van der Waals surface area contributed by atoms with E-state index < -0.39 is 4.92 Å². The average Bonchev–Trinajstić information content (AvgIpc) is 2.46. The first-order chi connectivity index (χ1) is 10.0. The summed E-state index contributed by atoms with van der Waals surface area (Å²) in [5, 5.41) is 11.6. The molecule has 0 aliphatic rings. The van der Waals surface area contributed by atoms with Gasteiger partial charge in [0, 0.05) is 16.1 Å². The molecule has 0 aliphatic heterocycles. The SMILES string of the molecule is O=Cc1cc(Cl)ccc1OCc1ccc(Cl)cc1[N+](=O)[O-]. The number of nitro groups is 1. The first-order valence-corrected chi connectivity index (χ1v) is 6.57. The third-order valence-electron chi connectivity index (χ3n) is 2.73. The predicted octanol–water partition coefficient (Wildman–Crippen LogP) is 4.29. The molecule has 21 heavy (non-hydrogen) atoms. The zero-order chi connectivity index (χ0) is 15.4. The largest absolute Gasteiger partial charge is 0.488 e. The Bertz CT molecular complexity index is 703. The molecule has 0 saturated carbocycles. The van der Waals surface area contributed by atoms with Gasteiger partial charge in [-0.3, -0.25) is 14.9 Å². The van der Waals surface area contributed by atoms with E-state index in [9.17, 15) is 14.9 Å². The second kappa shape index (κ2) is 6.56. The van der Waals surface area contributed by atoms with Gasteiger partial charge in [-0.25, -0.2) is 0 Å². The molecule has 0 radical (unpaired) electrons. The molecule has 2 aromatic carbocycles. The molecule has 0 N–H and O–H groups in total. The van der Waals surface area contributed by atoms with Crippen LogP contribution in [0.15, 0.2) is 36.4 Å². The van der Waals surface area contributed by atoms with E-state index in [1.54, 1.807) is 6.07 Å². The van der Waals surface area contributed by atoms with E-state index in [1.165, 1.54) is 30.3 Å². The number of rotatable bonds is 5. The van der Waals surface area contributed by atoms with E-state index in [1.807, 2.05) is 0 Å². The summed E-state index contributed by atoms with van der Waals surface area (Å²) in [5.41, 5.74) is 0.499. The van der Waals surface area contributed by atoms with Crippen LogP contribution in [0.25, 0.3) is 0 Å². The number of nitro benzene ring substituents is 1. The third-order valence-corrected chi connectivity index (χ3v) is 3.20. The fraction of sp³-hybridized carbons (Fsp3) is 0.0714. The minimum Gasteiger partial charge on any atom is -0.488 e. The fourth-order valence-electron chi connectivity index (χ4n) is 1.73. The van der Waals surface area contributed by atoms with Crippen molar-refractivity contribution >= 4 is 35.2 Å². The Morgan fingerprint density at radius 3 is 2.48 bits per heavy atom. The second-order valence-electron chi connectivity index (χ2n) is 4.12. The van der Waals surface area contributed by atoms with Gasteiger partial charge >= 0.3 is 0 Å². The molecule has 0 heterocycles. The van der Waals surface area contributed by atoms with Crippen molar-refractivity contribution in [1.82, 2.24) is 0 Å². The van der Waals surface area contributed by atoms with Gasteiger partial charge < -0.3 is 4.74 Å². The summed E-state index contributed by atoms with van der Waals surface area (Å²) in [7, 11) is 0. The number of aldehydes is 1. The van der Waals surface area contributed by atoms with E-state index in [0.29, 0.717) is 22.6 Å². The normalized spacial score (nSPS) is 10.2. The van der Waals surface area contributed by atoms with Crippen molar-refractivity contribution in [2.75, 3.05) is 0 Å². The highest BCUT2D eigenvalue weighted by Crippen LogP contribution is 2.26. The van der Waals surface area contributed by atoms with Crippen LogP contribution in [-0.4, -0.2) is 11.2 Å². The first kappa shape index (κ1) is 15.3. The Labute approximate surface area is 130 Å². The molecule has 0 aromatic heterocycles. The van der Waals surface area contributed by atoms with E-state index in [2.05, 4.69) is 0 Å². The summed E-state index contributed by atoms with van der Waals surface area (Å²) in [5.74, 6) is 0.304. The lowest BCUT2D eigenvalue weighted by Crippen LogP contribution is -2.02. The molecule has 0 fully saturated rings. The Morgan fingerprint density at radius 1 is 1.14 bits per heavy atom. The molecule has 0 saturated heterocycles. The molecular weight excluding hydrogens is 317 g/mol. The number of hydrogen-bond donors (Lipinski definition) is 0. The van der Waals surface area contributed by atoms with Crippen molar-refractivity contribution in [2.45, 2.75) is 6.61 Å². The molecule has 0 bridgehead atoms. The minimum atomic E-state index is -0.535. The van der Waals surface area contributed by atoms with Crippen LogP contribution in [0.1, 0.15) is 15.9 Å². The Morgan fingerprint density at radius 2 is 1.81 bits per heavy atom. The summed E-state index contributed by atoms with van der Waals surface area (Å²) < 4.78 is 5.46. The summed E-state index contributed by atoms with van der Waals surface area (Å²) in [6, 6.07) is 8.86. The molecule has 108 valence electrons. The molecule has 0 amide bonds. The van der Waals surface area contributed by atoms with E-state index in [0.717, 1.165) is 0 Å². The summed E-state index contributed by atoms with van der Waals surface area (Å²) in [6.07, 6.45) is 0.609. The second-order valence-corrected chi connectivity index (χ2v) is 4.99. The van der Waals surface area contributed by atoms with Crippen LogP contribution in [0.5, 0.6) is 5.75 Å². The van der Waals surface area contributed by atoms with Crippen LogP contribution in [-0.2, 0) is 6.61 Å². The molecule has 0 atom stereocenters.